The van der Waals surface area contributed by atoms with Gasteiger partial charge in [-0.25, -0.2) is 0 Å². The van der Waals surface area contributed by atoms with Crippen LogP contribution in [0.5, 0.6) is 11.5 Å². The van der Waals surface area contributed by atoms with Gasteiger partial charge in [0.05, 0.1) is 23.2 Å². The molecule has 0 saturated heterocycles. The molecule has 0 spiro atoms. The van der Waals surface area contributed by atoms with Crippen molar-refractivity contribution in [2.75, 3.05) is 14.2 Å². The molecular weight excluding hydrogens is 288 g/mol. The third-order valence-electron chi connectivity index (χ3n) is 1.35. The van der Waals surface area contributed by atoms with Gasteiger partial charge in [-0.05, 0) is 31.9 Å². The van der Waals surface area contributed by atoms with Crippen molar-refractivity contribution in [1.29, 1.82) is 0 Å². The third-order valence-corrected chi connectivity index (χ3v) is 2.53. The van der Waals surface area contributed by atoms with Gasteiger partial charge in [-0.1, -0.05) is 0 Å². The number of hydrogen-bond donors (Lipinski definition) is 0. The fraction of sp³-hybridized carbons (Fsp3) is 0.250. The van der Waals surface area contributed by atoms with Crippen LogP contribution in [0.15, 0.2) is 15.0 Å². The van der Waals surface area contributed by atoms with Gasteiger partial charge in [-0.15, -0.1) is 0 Å². The molecule has 0 aromatic heterocycles. The lowest BCUT2D eigenvalue weighted by Gasteiger charge is -2.07. The predicted octanol–water partition coefficient (Wildman–Crippen LogP) is 3.03. The summed E-state index contributed by atoms with van der Waals surface area (Å²) in [5.41, 5.74) is 0. The van der Waals surface area contributed by atoms with E-state index in [1.807, 2.05) is 0 Å². The molecule has 0 heterocycles. The summed E-state index contributed by atoms with van der Waals surface area (Å²) in [5.74, 6) is 1.41. The van der Waals surface area contributed by atoms with Crippen LogP contribution in [0.1, 0.15) is 0 Å². The molecule has 1 rings (SSSR count). The quantitative estimate of drug-likeness (QED) is 0.835. The maximum Gasteiger partial charge on any atom is 0.137 e. The van der Waals surface area contributed by atoms with Gasteiger partial charge in [0, 0.05) is 12.1 Å². The first-order valence-corrected chi connectivity index (χ1v) is 4.77. The molecule has 0 aliphatic rings. The first-order valence-electron chi connectivity index (χ1n) is 3.18. The van der Waals surface area contributed by atoms with Gasteiger partial charge in [-0.2, -0.15) is 0 Å². The summed E-state index contributed by atoms with van der Waals surface area (Å²) in [5, 5.41) is 0. The highest BCUT2D eigenvalue weighted by Gasteiger charge is 2.06. The van der Waals surface area contributed by atoms with E-state index < -0.39 is 0 Å². The zero-order valence-electron chi connectivity index (χ0n) is 6.65. The van der Waals surface area contributed by atoms with Crippen LogP contribution in [0.4, 0.5) is 0 Å². The van der Waals surface area contributed by atoms with E-state index in [1.54, 1.807) is 20.3 Å². The normalized spacial score (nSPS) is 9.67. The van der Waals surface area contributed by atoms with Crippen molar-refractivity contribution in [3.05, 3.63) is 21.1 Å². The highest BCUT2D eigenvalue weighted by molar-refractivity contribution is 9.11. The molecule has 0 unspecified atom stereocenters. The van der Waals surface area contributed by atoms with Crippen molar-refractivity contribution in [3.8, 4) is 11.5 Å². The van der Waals surface area contributed by atoms with Crippen LogP contribution < -0.4 is 9.47 Å². The zero-order valence-corrected chi connectivity index (χ0v) is 9.82. The highest BCUT2D eigenvalue weighted by atomic mass is 79.9. The van der Waals surface area contributed by atoms with Crippen molar-refractivity contribution in [3.63, 3.8) is 0 Å². The topological polar surface area (TPSA) is 18.5 Å². The minimum atomic E-state index is 0.704. The van der Waals surface area contributed by atoms with Crippen molar-refractivity contribution in [2.24, 2.45) is 0 Å². The molecule has 65 valence electrons. The summed E-state index contributed by atoms with van der Waals surface area (Å²) in [6.07, 6.45) is 0. The summed E-state index contributed by atoms with van der Waals surface area (Å²) in [6.45, 7) is 0. The van der Waals surface area contributed by atoms with E-state index in [9.17, 15) is 0 Å². The van der Waals surface area contributed by atoms with Gasteiger partial charge in [0.25, 0.3) is 0 Å². The Kier molecular flexibility index (Phi) is 3.40. The van der Waals surface area contributed by atoms with Gasteiger partial charge >= 0.3 is 0 Å². The number of rotatable bonds is 2. The summed E-state index contributed by atoms with van der Waals surface area (Å²) < 4.78 is 11.7. The molecule has 2 nitrogen and oxygen atoms in total. The number of ether oxygens (including phenoxy) is 2. The second kappa shape index (κ2) is 4.14. The maximum absolute atomic E-state index is 5.06. The Morgan fingerprint density at radius 3 is 1.83 bits per heavy atom. The van der Waals surface area contributed by atoms with Crippen LogP contribution in [0.3, 0.4) is 0 Å². The van der Waals surface area contributed by atoms with Crippen LogP contribution in [0.25, 0.3) is 0 Å². The van der Waals surface area contributed by atoms with Crippen LogP contribution in [-0.4, -0.2) is 14.2 Å². The number of hydrogen-bond acceptors (Lipinski definition) is 2. The molecule has 0 amide bonds. The maximum atomic E-state index is 5.06. The molecule has 1 aromatic rings. The van der Waals surface area contributed by atoms with E-state index in [0.717, 1.165) is 8.95 Å². The summed E-state index contributed by atoms with van der Waals surface area (Å²) in [4.78, 5) is 0. The molecule has 4 heteroatoms. The SMILES string of the molecule is COc1cc(OC)c(Br)[c]c1Br. The van der Waals surface area contributed by atoms with Gasteiger partial charge < -0.3 is 9.47 Å². The number of methoxy groups -OCH3 is 2. The molecule has 0 bridgehead atoms. The fourth-order valence-electron chi connectivity index (χ4n) is 0.762. The first kappa shape index (κ1) is 9.86. The average Bonchev–Trinajstić information content (AvgIpc) is 2.05. The van der Waals surface area contributed by atoms with E-state index in [-0.39, 0.29) is 0 Å². The van der Waals surface area contributed by atoms with E-state index in [4.69, 9.17) is 9.47 Å². The molecule has 0 fully saturated rings. The Morgan fingerprint density at radius 1 is 1.08 bits per heavy atom. The van der Waals surface area contributed by atoms with E-state index >= 15 is 0 Å². The predicted molar refractivity (Wildman–Crippen MR) is 53.8 cm³/mol. The first-order chi connectivity index (χ1) is 5.69. The standard InChI is InChI=1S/C8H7Br2O2/c1-11-7-4-8(12-2)6(10)3-5(7)9/h4H,1-2H3. The van der Waals surface area contributed by atoms with Gasteiger partial charge in [0.2, 0.25) is 0 Å². The molecule has 0 saturated carbocycles. The highest BCUT2D eigenvalue weighted by Crippen LogP contribution is 2.34. The lowest BCUT2D eigenvalue weighted by molar-refractivity contribution is 0.390. The van der Waals surface area contributed by atoms with Crippen LogP contribution in [0, 0.1) is 6.07 Å². The lowest BCUT2D eigenvalue weighted by atomic mass is 10.3. The molecular formula is C8H7Br2O2. The molecule has 1 radical (unpaired) electrons. The summed E-state index contributed by atoms with van der Waals surface area (Å²) in [6, 6.07) is 4.77. The van der Waals surface area contributed by atoms with Crippen LogP contribution in [-0.2, 0) is 0 Å². The minimum absolute atomic E-state index is 0.704. The van der Waals surface area contributed by atoms with Gasteiger partial charge in [0.1, 0.15) is 11.5 Å². The Morgan fingerprint density at radius 2 is 1.50 bits per heavy atom. The summed E-state index contributed by atoms with van der Waals surface area (Å²) >= 11 is 6.61. The lowest BCUT2D eigenvalue weighted by Crippen LogP contribution is -1.89. The molecule has 12 heavy (non-hydrogen) atoms. The van der Waals surface area contributed by atoms with Crippen molar-refractivity contribution >= 4 is 31.9 Å². The Hall–Kier alpha value is -0.220. The monoisotopic (exact) mass is 293 g/mol. The molecule has 1 aromatic carbocycles. The number of benzene rings is 1. The smallest absolute Gasteiger partial charge is 0.137 e. The summed E-state index contributed by atoms with van der Waals surface area (Å²) in [7, 11) is 3.20. The molecule has 0 atom stereocenters. The average molecular weight is 295 g/mol. The molecule has 0 aliphatic heterocycles. The van der Waals surface area contributed by atoms with E-state index in [2.05, 4.69) is 37.9 Å². The fourth-order valence-corrected chi connectivity index (χ4v) is 1.98. The van der Waals surface area contributed by atoms with Crippen molar-refractivity contribution in [1.82, 2.24) is 0 Å². The second-order valence-electron chi connectivity index (χ2n) is 2.03. The second-order valence-corrected chi connectivity index (χ2v) is 3.62. The third kappa shape index (κ3) is 1.93. The molecule has 0 aliphatic carbocycles. The van der Waals surface area contributed by atoms with Crippen molar-refractivity contribution in [2.45, 2.75) is 0 Å². The van der Waals surface area contributed by atoms with Crippen molar-refractivity contribution < 1.29 is 9.47 Å². The van der Waals surface area contributed by atoms with Crippen LogP contribution in [0.2, 0.25) is 0 Å². The van der Waals surface area contributed by atoms with E-state index in [1.165, 1.54) is 0 Å². The van der Waals surface area contributed by atoms with Crippen LogP contribution >= 0.6 is 31.9 Å². The minimum Gasteiger partial charge on any atom is -0.495 e. The Labute approximate surface area is 88.1 Å². The van der Waals surface area contributed by atoms with Gasteiger partial charge in [0.15, 0.2) is 0 Å². The van der Waals surface area contributed by atoms with Gasteiger partial charge in [-0.3, -0.25) is 0 Å². The number of halogens is 2. The molecule has 0 N–H and O–H groups in total. The Balaban J connectivity index is 3.18. The largest absolute Gasteiger partial charge is 0.495 e. The zero-order chi connectivity index (χ0) is 9.14. The Bertz CT molecular complexity index is 261. The van der Waals surface area contributed by atoms with E-state index in [0.29, 0.717) is 11.5 Å².